The molecule has 0 atom stereocenters. The topological polar surface area (TPSA) is 55.6 Å². The van der Waals surface area contributed by atoms with Gasteiger partial charge in [0.15, 0.2) is 0 Å². The minimum atomic E-state index is 0.530. The largest absolute Gasteiger partial charge is 0.382 e. The van der Waals surface area contributed by atoms with Gasteiger partial charge in [0, 0.05) is 25.5 Å². The Morgan fingerprint density at radius 2 is 2.05 bits per heavy atom. The minimum absolute atomic E-state index is 0.530. The lowest BCUT2D eigenvalue weighted by molar-refractivity contribution is 0.661. The standard InChI is InChI=1S/C12H11Cl2N5S/c13-8-6-9(14)11-12(18-20-17-11)10(8)16-2-1-4-19-5-3-15-7-19/h3,5-7,16H,1-2,4H2. The fourth-order valence-corrected chi connectivity index (χ4v) is 3.12. The molecule has 20 heavy (non-hydrogen) atoms. The lowest BCUT2D eigenvalue weighted by atomic mass is 10.2. The summed E-state index contributed by atoms with van der Waals surface area (Å²) in [5, 5.41) is 4.41. The van der Waals surface area contributed by atoms with E-state index < -0.39 is 0 Å². The molecule has 3 rings (SSSR count). The molecule has 0 saturated heterocycles. The van der Waals surface area contributed by atoms with Crippen LogP contribution in [0.4, 0.5) is 5.69 Å². The molecule has 0 unspecified atom stereocenters. The van der Waals surface area contributed by atoms with Crippen LogP contribution in [-0.4, -0.2) is 24.8 Å². The van der Waals surface area contributed by atoms with Gasteiger partial charge in [0.05, 0.1) is 33.8 Å². The Hall–Kier alpha value is -1.37. The highest BCUT2D eigenvalue weighted by Gasteiger charge is 2.13. The fraction of sp³-hybridized carbons (Fsp3) is 0.250. The molecule has 0 aliphatic carbocycles. The average molecular weight is 328 g/mol. The van der Waals surface area contributed by atoms with Crippen molar-refractivity contribution >= 4 is 51.7 Å². The van der Waals surface area contributed by atoms with Gasteiger partial charge in [-0.2, -0.15) is 8.75 Å². The number of anilines is 1. The van der Waals surface area contributed by atoms with Crippen LogP contribution < -0.4 is 5.32 Å². The van der Waals surface area contributed by atoms with Gasteiger partial charge in [-0.15, -0.1) is 0 Å². The number of aromatic nitrogens is 4. The van der Waals surface area contributed by atoms with Crippen molar-refractivity contribution in [3.8, 4) is 0 Å². The zero-order valence-corrected chi connectivity index (χ0v) is 12.7. The molecule has 0 radical (unpaired) electrons. The van der Waals surface area contributed by atoms with E-state index in [9.17, 15) is 0 Å². The predicted octanol–water partition coefficient (Wildman–Crippen LogP) is 3.70. The van der Waals surface area contributed by atoms with Crippen molar-refractivity contribution < 1.29 is 0 Å². The first-order valence-corrected chi connectivity index (χ1v) is 7.54. The maximum Gasteiger partial charge on any atom is 0.130 e. The summed E-state index contributed by atoms with van der Waals surface area (Å²) in [5.74, 6) is 0. The Bertz CT molecular complexity index is 710. The average Bonchev–Trinajstić information content (AvgIpc) is 3.08. The number of fused-ring (bicyclic) bond motifs is 1. The van der Waals surface area contributed by atoms with E-state index in [2.05, 4.69) is 19.0 Å². The van der Waals surface area contributed by atoms with Crippen LogP contribution in [-0.2, 0) is 6.54 Å². The molecule has 2 heterocycles. The molecule has 0 aliphatic heterocycles. The maximum absolute atomic E-state index is 6.22. The lowest BCUT2D eigenvalue weighted by Crippen LogP contribution is -2.06. The molecule has 104 valence electrons. The summed E-state index contributed by atoms with van der Waals surface area (Å²) in [7, 11) is 0. The van der Waals surface area contributed by atoms with Crippen molar-refractivity contribution in [3.05, 3.63) is 34.8 Å². The fourth-order valence-electron chi connectivity index (χ4n) is 1.94. The van der Waals surface area contributed by atoms with Crippen LogP contribution in [0.3, 0.4) is 0 Å². The Morgan fingerprint density at radius 1 is 1.20 bits per heavy atom. The Morgan fingerprint density at radius 3 is 2.85 bits per heavy atom. The van der Waals surface area contributed by atoms with Crippen LogP contribution in [0.5, 0.6) is 0 Å². The van der Waals surface area contributed by atoms with Crippen LogP contribution in [0.2, 0.25) is 10.0 Å². The lowest BCUT2D eigenvalue weighted by Gasteiger charge is -2.09. The van der Waals surface area contributed by atoms with Crippen molar-refractivity contribution in [2.75, 3.05) is 11.9 Å². The predicted molar refractivity (Wildman–Crippen MR) is 82.8 cm³/mol. The van der Waals surface area contributed by atoms with Gasteiger partial charge in [0.25, 0.3) is 0 Å². The number of hydrogen-bond donors (Lipinski definition) is 1. The molecule has 0 spiro atoms. The molecule has 2 aromatic heterocycles. The molecule has 0 saturated carbocycles. The van der Waals surface area contributed by atoms with E-state index in [1.54, 1.807) is 18.6 Å². The monoisotopic (exact) mass is 327 g/mol. The summed E-state index contributed by atoms with van der Waals surface area (Å²) in [6.45, 7) is 1.68. The zero-order valence-electron chi connectivity index (χ0n) is 10.4. The van der Waals surface area contributed by atoms with Crippen LogP contribution in [0.25, 0.3) is 11.0 Å². The van der Waals surface area contributed by atoms with Gasteiger partial charge in [-0.25, -0.2) is 4.98 Å². The SMILES string of the molecule is Clc1cc(Cl)c2nsnc2c1NCCCn1ccnc1. The molecule has 5 nitrogen and oxygen atoms in total. The number of imidazole rings is 1. The third kappa shape index (κ3) is 2.72. The van der Waals surface area contributed by atoms with Crippen molar-refractivity contribution in [3.63, 3.8) is 0 Å². The second kappa shape index (κ2) is 5.95. The van der Waals surface area contributed by atoms with Gasteiger partial charge >= 0.3 is 0 Å². The minimum Gasteiger partial charge on any atom is -0.382 e. The highest BCUT2D eigenvalue weighted by Crippen LogP contribution is 2.35. The molecular weight excluding hydrogens is 317 g/mol. The first-order valence-electron chi connectivity index (χ1n) is 6.05. The summed E-state index contributed by atoms with van der Waals surface area (Å²) in [6.07, 6.45) is 6.47. The van der Waals surface area contributed by atoms with E-state index in [-0.39, 0.29) is 0 Å². The highest BCUT2D eigenvalue weighted by molar-refractivity contribution is 7.00. The first kappa shape index (κ1) is 13.6. The molecule has 0 bridgehead atoms. The van der Waals surface area contributed by atoms with E-state index in [4.69, 9.17) is 23.2 Å². The van der Waals surface area contributed by atoms with Gasteiger partial charge < -0.3 is 9.88 Å². The smallest absolute Gasteiger partial charge is 0.130 e. The van der Waals surface area contributed by atoms with E-state index in [0.717, 1.165) is 42.4 Å². The van der Waals surface area contributed by atoms with Crippen molar-refractivity contribution in [1.29, 1.82) is 0 Å². The Labute approximate surface area is 129 Å². The van der Waals surface area contributed by atoms with Crippen LogP contribution in [0, 0.1) is 0 Å². The molecular formula is C12H11Cl2N5S. The Balaban J connectivity index is 1.69. The Kier molecular flexibility index (Phi) is 4.05. The second-order valence-electron chi connectivity index (χ2n) is 4.26. The van der Waals surface area contributed by atoms with Crippen molar-refractivity contribution in [2.24, 2.45) is 0 Å². The molecule has 1 aromatic carbocycles. The van der Waals surface area contributed by atoms with Gasteiger partial charge in [-0.1, -0.05) is 23.2 Å². The number of nitrogens with one attached hydrogen (secondary N) is 1. The van der Waals surface area contributed by atoms with E-state index >= 15 is 0 Å². The molecule has 0 fully saturated rings. The van der Waals surface area contributed by atoms with E-state index in [1.165, 1.54) is 0 Å². The van der Waals surface area contributed by atoms with Gasteiger partial charge in [0.1, 0.15) is 11.0 Å². The summed E-state index contributed by atoms with van der Waals surface area (Å²) in [5.41, 5.74) is 2.22. The van der Waals surface area contributed by atoms with Gasteiger partial charge in [0.2, 0.25) is 0 Å². The maximum atomic E-state index is 6.22. The third-order valence-corrected chi connectivity index (χ3v) is 4.01. The number of hydrogen-bond acceptors (Lipinski definition) is 5. The summed E-state index contributed by atoms with van der Waals surface area (Å²) < 4.78 is 10.5. The van der Waals surface area contributed by atoms with Gasteiger partial charge in [-0.3, -0.25) is 0 Å². The van der Waals surface area contributed by atoms with Crippen LogP contribution in [0.1, 0.15) is 6.42 Å². The summed E-state index contributed by atoms with van der Waals surface area (Å²) >= 11 is 13.4. The first-order chi connectivity index (χ1) is 9.75. The molecule has 8 heteroatoms. The number of aryl methyl sites for hydroxylation is 1. The summed E-state index contributed by atoms with van der Waals surface area (Å²) in [6, 6.07) is 1.70. The van der Waals surface area contributed by atoms with Crippen molar-refractivity contribution in [2.45, 2.75) is 13.0 Å². The van der Waals surface area contributed by atoms with Crippen molar-refractivity contribution in [1.82, 2.24) is 18.3 Å². The zero-order chi connectivity index (χ0) is 13.9. The quantitative estimate of drug-likeness (QED) is 0.726. The van der Waals surface area contributed by atoms with E-state index in [1.807, 2.05) is 10.8 Å². The summed E-state index contributed by atoms with van der Waals surface area (Å²) in [4.78, 5) is 4.01. The number of rotatable bonds is 5. The van der Waals surface area contributed by atoms with Crippen LogP contribution >= 0.6 is 34.9 Å². The number of halogens is 2. The highest BCUT2D eigenvalue weighted by atomic mass is 35.5. The molecule has 0 amide bonds. The second-order valence-corrected chi connectivity index (χ2v) is 5.60. The van der Waals surface area contributed by atoms with Gasteiger partial charge in [-0.05, 0) is 12.5 Å². The third-order valence-electron chi connectivity index (χ3n) is 2.90. The van der Waals surface area contributed by atoms with E-state index in [0.29, 0.717) is 15.6 Å². The number of nitrogens with zero attached hydrogens (tertiary/aromatic N) is 4. The molecule has 0 aliphatic rings. The number of benzene rings is 1. The molecule has 3 aromatic rings. The van der Waals surface area contributed by atoms with Crippen LogP contribution in [0.15, 0.2) is 24.8 Å². The normalized spacial score (nSPS) is 11.1. The molecule has 1 N–H and O–H groups in total.